The number of aliphatic carboxylic acids is 1. The van der Waals surface area contributed by atoms with Gasteiger partial charge in [-0.2, -0.15) is 18.3 Å². The molecule has 2 amide bonds. The largest absolute Gasteiger partial charge is 0.479 e. The highest BCUT2D eigenvalue weighted by Crippen LogP contribution is 2.44. The Morgan fingerprint density at radius 1 is 1.16 bits per heavy atom. The van der Waals surface area contributed by atoms with Crippen molar-refractivity contribution < 1.29 is 32.7 Å². The van der Waals surface area contributed by atoms with Crippen LogP contribution in [0.4, 0.5) is 18.0 Å². The molecule has 1 aliphatic heterocycles. The average Bonchev–Trinajstić information content (AvgIpc) is 3.53. The minimum absolute atomic E-state index is 0.0129. The zero-order chi connectivity index (χ0) is 26.5. The standard InChI is InChI=1S/C25H19ClF3N3O4S/c26-17-5-4-15(18(11-17)25(27,28)29)13-31-19-6-3-14(9-16(19)12-30-31)10-20-21(33)32(23(36)37-20)24(22(34)35)7-1-2-8-24/h3-6,9-12H,1-2,7-8,13H2,(H,34,35). The van der Waals surface area contributed by atoms with Gasteiger partial charge >= 0.3 is 12.1 Å². The van der Waals surface area contributed by atoms with Gasteiger partial charge in [0.25, 0.3) is 11.1 Å². The zero-order valence-electron chi connectivity index (χ0n) is 19.1. The number of halogens is 4. The number of rotatable bonds is 5. The molecule has 7 nitrogen and oxygen atoms in total. The molecule has 37 heavy (non-hydrogen) atoms. The van der Waals surface area contributed by atoms with E-state index in [1.807, 2.05) is 0 Å². The van der Waals surface area contributed by atoms with Crippen LogP contribution in [0.25, 0.3) is 17.0 Å². The Kier molecular flexibility index (Phi) is 6.31. The predicted octanol–water partition coefficient (Wildman–Crippen LogP) is 6.19. The van der Waals surface area contributed by atoms with Crippen LogP contribution in [-0.4, -0.2) is 42.4 Å². The van der Waals surface area contributed by atoms with Gasteiger partial charge in [0.2, 0.25) is 0 Å². The summed E-state index contributed by atoms with van der Waals surface area (Å²) in [6.45, 7) is -0.134. The van der Waals surface area contributed by atoms with Crippen molar-refractivity contribution in [3.05, 3.63) is 69.2 Å². The third kappa shape index (κ3) is 4.50. The Balaban J connectivity index is 1.43. The second-order valence-electron chi connectivity index (χ2n) is 8.98. The Bertz CT molecular complexity index is 1480. The van der Waals surface area contributed by atoms with E-state index in [0.29, 0.717) is 41.1 Å². The van der Waals surface area contributed by atoms with Crippen LogP contribution in [0.3, 0.4) is 0 Å². The molecule has 0 bridgehead atoms. The van der Waals surface area contributed by atoms with E-state index in [9.17, 15) is 32.7 Å². The van der Waals surface area contributed by atoms with Crippen LogP contribution >= 0.6 is 23.4 Å². The monoisotopic (exact) mass is 549 g/mol. The van der Waals surface area contributed by atoms with E-state index in [1.54, 1.807) is 18.2 Å². The van der Waals surface area contributed by atoms with Gasteiger partial charge in [-0.1, -0.05) is 36.6 Å². The first-order valence-corrected chi connectivity index (χ1v) is 12.5. The number of aromatic nitrogens is 2. The Morgan fingerprint density at radius 3 is 2.57 bits per heavy atom. The fraction of sp³-hybridized carbons (Fsp3) is 0.280. The van der Waals surface area contributed by atoms with Crippen LogP contribution < -0.4 is 0 Å². The summed E-state index contributed by atoms with van der Waals surface area (Å²) in [4.78, 5) is 38.7. The van der Waals surface area contributed by atoms with Gasteiger partial charge in [-0.3, -0.25) is 19.2 Å². The summed E-state index contributed by atoms with van der Waals surface area (Å²) in [6.07, 6.45) is 0.122. The lowest BCUT2D eigenvalue weighted by Crippen LogP contribution is -2.54. The molecular weight excluding hydrogens is 531 g/mol. The highest BCUT2D eigenvalue weighted by Gasteiger charge is 2.55. The van der Waals surface area contributed by atoms with Crippen LogP contribution in [0.15, 0.2) is 47.5 Å². The number of benzene rings is 2. The number of hydrogen-bond acceptors (Lipinski definition) is 5. The summed E-state index contributed by atoms with van der Waals surface area (Å²) in [7, 11) is 0. The van der Waals surface area contributed by atoms with Gasteiger partial charge in [-0.05, 0) is 66.1 Å². The molecule has 1 saturated carbocycles. The summed E-state index contributed by atoms with van der Waals surface area (Å²) in [5, 5.41) is 14.0. The number of carboxylic acid groups (broad SMARTS) is 1. The average molecular weight is 550 g/mol. The van der Waals surface area contributed by atoms with Gasteiger partial charge in [-0.25, -0.2) is 4.79 Å². The molecule has 2 heterocycles. The molecule has 12 heteroatoms. The van der Waals surface area contributed by atoms with Crippen molar-refractivity contribution in [2.45, 2.75) is 43.9 Å². The quantitative estimate of drug-likeness (QED) is 0.381. The van der Waals surface area contributed by atoms with E-state index in [-0.39, 0.29) is 34.9 Å². The van der Waals surface area contributed by atoms with Crippen molar-refractivity contribution in [1.29, 1.82) is 0 Å². The molecule has 192 valence electrons. The predicted molar refractivity (Wildman–Crippen MR) is 132 cm³/mol. The van der Waals surface area contributed by atoms with Gasteiger partial charge in [0.15, 0.2) is 0 Å². The first-order chi connectivity index (χ1) is 17.5. The van der Waals surface area contributed by atoms with Crippen LogP contribution in [0.5, 0.6) is 0 Å². The molecular formula is C25H19ClF3N3O4S. The lowest BCUT2D eigenvalue weighted by atomic mass is 9.95. The fourth-order valence-electron chi connectivity index (χ4n) is 4.91. The molecule has 0 unspecified atom stereocenters. The summed E-state index contributed by atoms with van der Waals surface area (Å²) < 4.78 is 41.9. The second-order valence-corrected chi connectivity index (χ2v) is 10.4. The maximum Gasteiger partial charge on any atom is 0.416 e. The summed E-state index contributed by atoms with van der Waals surface area (Å²) in [5.41, 5.74) is -1.20. The number of alkyl halides is 3. The number of imide groups is 1. The first kappa shape index (κ1) is 25.3. The molecule has 3 aromatic rings. The maximum absolute atomic E-state index is 13.5. The molecule has 1 N–H and O–H groups in total. The van der Waals surface area contributed by atoms with Crippen molar-refractivity contribution >= 4 is 57.5 Å². The van der Waals surface area contributed by atoms with Gasteiger partial charge in [0.1, 0.15) is 5.54 Å². The Hall–Kier alpha value is -3.31. The number of carbonyl (C=O) groups excluding carboxylic acids is 2. The van der Waals surface area contributed by atoms with Gasteiger partial charge in [-0.15, -0.1) is 0 Å². The van der Waals surface area contributed by atoms with E-state index < -0.39 is 34.4 Å². The van der Waals surface area contributed by atoms with Crippen LogP contribution in [0, 0.1) is 0 Å². The van der Waals surface area contributed by atoms with Crippen LogP contribution in [0.2, 0.25) is 5.02 Å². The maximum atomic E-state index is 13.5. The molecule has 2 aromatic carbocycles. The summed E-state index contributed by atoms with van der Waals surface area (Å²) in [5.74, 6) is -1.82. The number of amides is 2. The van der Waals surface area contributed by atoms with Crippen molar-refractivity contribution in [1.82, 2.24) is 14.7 Å². The third-order valence-electron chi connectivity index (χ3n) is 6.71. The first-order valence-electron chi connectivity index (χ1n) is 11.3. The second kappa shape index (κ2) is 9.21. The number of hydrogen-bond donors (Lipinski definition) is 1. The number of thioether (sulfide) groups is 1. The van der Waals surface area contributed by atoms with E-state index >= 15 is 0 Å². The van der Waals surface area contributed by atoms with E-state index in [2.05, 4.69) is 5.10 Å². The summed E-state index contributed by atoms with van der Waals surface area (Å²) >= 11 is 6.46. The topological polar surface area (TPSA) is 92.5 Å². The Labute approximate surface area is 217 Å². The van der Waals surface area contributed by atoms with Crippen LogP contribution in [0.1, 0.15) is 42.4 Å². The van der Waals surface area contributed by atoms with E-state index in [4.69, 9.17) is 11.6 Å². The lowest BCUT2D eigenvalue weighted by Gasteiger charge is -2.31. The number of nitrogens with zero attached hydrogens (tertiary/aromatic N) is 3. The molecule has 0 radical (unpaired) electrons. The fourth-order valence-corrected chi connectivity index (χ4v) is 6.00. The molecule has 1 aromatic heterocycles. The van der Waals surface area contributed by atoms with Crippen molar-refractivity contribution in [3.63, 3.8) is 0 Å². The third-order valence-corrected chi connectivity index (χ3v) is 7.82. The molecule has 5 rings (SSSR count). The molecule has 1 saturated heterocycles. The molecule has 0 atom stereocenters. The number of fused-ring (bicyclic) bond motifs is 1. The van der Waals surface area contributed by atoms with Gasteiger partial charge < -0.3 is 5.11 Å². The number of carbonyl (C=O) groups is 3. The molecule has 1 aliphatic carbocycles. The van der Waals surface area contributed by atoms with Crippen molar-refractivity contribution in [3.8, 4) is 0 Å². The van der Waals surface area contributed by atoms with Crippen molar-refractivity contribution in [2.75, 3.05) is 0 Å². The van der Waals surface area contributed by atoms with E-state index in [1.165, 1.54) is 29.1 Å². The normalized spacial score (nSPS) is 18.9. The van der Waals surface area contributed by atoms with Gasteiger partial charge in [0, 0.05) is 10.4 Å². The van der Waals surface area contributed by atoms with E-state index in [0.717, 1.165) is 11.0 Å². The molecule has 2 aliphatic rings. The molecule has 0 spiro atoms. The highest BCUT2D eigenvalue weighted by atomic mass is 35.5. The van der Waals surface area contributed by atoms with Crippen LogP contribution in [-0.2, 0) is 22.3 Å². The molecule has 2 fully saturated rings. The number of carboxylic acids is 1. The van der Waals surface area contributed by atoms with Gasteiger partial charge in [0.05, 0.1) is 28.7 Å². The summed E-state index contributed by atoms with van der Waals surface area (Å²) in [6, 6.07) is 8.61. The Morgan fingerprint density at radius 2 is 1.89 bits per heavy atom. The minimum atomic E-state index is -4.57. The minimum Gasteiger partial charge on any atom is -0.479 e. The lowest BCUT2D eigenvalue weighted by molar-refractivity contribution is -0.153. The van der Waals surface area contributed by atoms with Crippen molar-refractivity contribution in [2.24, 2.45) is 0 Å². The SMILES string of the molecule is O=C1SC(=Cc2ccc3c(cnn3Cc3ccc(Cl)cc3C(F)(F)F)c2)C(=O)N1C1(C(=O)O)CCCC1. The highest BCUT2D eigenvalue weighted by molar-refractivity contribution is 8.18. The zero-order valence-corrected chi connectivity index (χ0v) is 20.7. The smallest absolute Gasteiger partial charge is 0.416 e.